The van der Waals surface area contributed by atoms with Crippen LogP contribution in [0.2, 0.25) is 0 Å². The highest BCUT2D eigenvalue weighted by molar-refractivity contribution is 5.26. The molecule has 1 fully saturated rings. The summed E-state index contributed by atoms with van der Waals surface area (Å²) in [5, 5.41) is 3.44. The number of benzene rings is 1. The molecule has 0 radical (unpaired) electrons. The Morgan fingerprint density at radius 3 is 3.00 bits per heavy atom. The molecule has 1 aromatic carbocycles. The molecule has 1 aliphatic heterocycles. The molecule has 0 amide bonds. The smallest absolute Gasteiger partial charge is 0.0576 e. The Balaban J connectivity index is 1.93. The van der Waals surface area contributed by atoms with Gasteiger partial charge in [0.2, 0.25) is 0 Å². The zero-order valence-electron chi connectivity index (χ0n) is 11.6. The van der Waals surface area contributed by atoms with Crippen LogP contribution in [0.5, 0.6) is 0 Å². The predicted molar refractivity (Wildman–Crippen MR) is 75.8 cm³/mol. The van der Waals surface area contributed by atoms with Crippen LogP contribution in [0.3, 0.4) is 0 Å². The number of aryl methyl sites for hydroxylation is 1. The van der Waals surface area contributed by atoms with Crippen molar-refractivity contribution >= 4 is 0 Å². The largest absolute Gasteiger partial charge is 0.378 e. The maximum atomic E-state index is 5.70. The van der Waals surface area contributed by atoms with Gasteiger partial charge in [0.05, 0.1) is 6.10 Å². The SMILES string of the molecule is CCc1cccc(C(CCC2CCCO2)NC)c1. The first kappa shape index (κ1) is 13.6. The molecule has 1 heterocycles. The van der Waals surface area contributed by atoms with E-state index in [1.54, 1.807) is 0 Å². The molecule has 2 atom stereocenters. The average molecular weight is 247 g/mol. The summed E-state index contributed by atoms with van der Waals surface area (Å²) in [6.07, 6.45) is 6.41. The average Bonchev–Trinajstić information content (AvgIpc) is 2.93. The van der Waals surface area contributed by atoms with Crippen LogP contribution in [0.4, 0.5) is 0 Å². The molecule has 1 saturated heterocycles. The fourth-order valence-electron chi connectivity index (χ4n) is 2.73. The summed E-state index contributed by atoms with van der Waals surface area (Å²) in [7, 11) is 2.05. The molecule has 0 saturated carbocycles. The van der Waals surface area contributed by atoms with Crippen molar-refractivity contribution in [2.45, 2.75) is 51.2 Å². The van der Waals surface area contributed by atoms with Gasteiger partial charge in [0.15, 0.2) is 0 Å². The fraction of sp³-hybridized carbons (Fsp3) is 0.625. The van der Waals surface area contributed by atoms with Crippen molar-refractivity contribution in [2.24, 2.45) is 0 Å². The first-order valence-electron chi connectivity index (χ1n) is 7.21. The third kappa shape index (κ3) is 3.56. The molecular formula is C16H25NO. The van der Waals surface area contributed by atoms with Gasteiger partial charge in [-0.3, -0.25) is 0 Å². The van der Waals surface area contributed by atoms with Crippen LogP contribution in [0, 0.1) is 0 Å². The summed E-state index contributed by atoms with van der Waals surface area (Å²) in [6, 6.07) is 9.40. The van der Waals surface area contributed by atoms with Crippen molar-refractivity contribution in [2.75, 3.05) is 13.7 Å². The highest BCUT2D eigenvalue weighted by Crippen LogP contribution is 2.24. The predicted octanol–water partition coefficient (Wildman–Crippen LogP) is 3.47. The summed E-state index contributed by atoms with van der Waals surface area (Å²) >= 11 is 0. The lowest BCUT2D eigenvalue weighted by atomic mass is 9.97. The number of hydrogen-bond acceptors (Lipinski definition) is 2. The molecule has 2 nitrogen and oxygen atoms in total. The Kier molecular flexibility index (Phi) is 5.21. The normalized spacial score (nSPS) is 21.1. The third-order valence-electron chi connectivity index (χ3n) is 3.91. The van der Waals surface area contributed by atoms with Crippen molar-refractivity contribution in [1.29, 1.82) is 0 Å². The van der Waals surface area contributed by atoms with E-state index in [9.17, 15) is 0 Å². The maximum Gasteiger partial charge on any atom is 0.0576 e. The van der Waals surface area contributed by atoms with Gasteiger partial charge in [-0.25, -0.2) is 0 Å². The quantitative estimate of drug-likeness (QED) is 0.831. The highest BCUT2D eigenvalue weighted by Gasteiger charge is 2.18. The molecule has 1 aromatic rings. The number of nitrogens with one attached hydrogen (secondary N) is 1. The van der Waals surface area contributed by atoms with E-state index in [1.165, 1.54) is 30.4 Å². The van der Waals surface area contributed by atoms with E-state index in [0.29, 0.717) is 12.1 Å². The lowest BCUT2D eigenvalue weighted by molar-refractivity contribution is 0.0998. The van der Waals surface area contributed by atoms with E-state index in [0.717, 1.165) is 19.4 Å². The van der Waals surface area contributed by atoms with Gasteiger partial charge in [-0.15, -0.1) is 0 Å². The molecule has 0 bridgehead atoms. The van der Waals surface area contributed by atoms with Crippen LogP contribution >= 0.6 is 0 Å². The topological polar surface area (TPSA) is 21.3 Å². The summed E-state index contributed by atoms with van der Waals surface area (Å²) in [6.45, 7) is 3.17. The first-order chi connectivity index (χ1) is 8.83. The monoisotopic (exact) mass is 247 g/mol. The van der Waals surface area contributed by atoms with E-state index in [4.69, 9.17) is 4.74 Å². The zero-order valence-corrected chi connectivity index (χ0v) is 11.6. The van der Waals surface area contributed by atoms with Crippen LogP contribution < -0.4 is 5.32 Å². The van der Waals surface area contributed by atoms with Crippen LogP contribution in [0.15, 0.2) is 24.3 Å². The number of ether oxygens (including phenoxy) is 1. The Labute approximate surface area is 111 Å². The standard InChI is InChI=1S/C16H25NO/c1-3-13-6-4-7-14(12-13)16(17-2)10-9-15-8-5-11-18-15/h4,6-7,12,15-17H,3,5,8-11H2,1-2H3. The van der Waals surface area contributed by atoms with Crippen molar-refractivity contribution in [1.82, 2.24) is 5.32 Å². The van der Waals surface area contributed by atoms with Gasteiger partial charge in [-0.2, -0.15) is 0 Å². The van der Waals surface area contributed by atoms with Gasteiger partial charge in [0.1, 0.15) is 0 Å². The molecule has 1 N–H and O–H groups in total. The minimum atomic E-state index is 0.459. The van der Waals surface area contributed by atoms with Gasteiger partial charge in [-0.05, 0) is 50.3 Å². The van der Waals surface area contributed by atoms with E-state index < -0.39 is 0 Å². The van der Waals surface area contributed by atoms with Crippen LogP contribution in [-0.2, 0) is 11.2 Å². The fourth-order valence-corrected chi connectivity index (χ4v) is 2.73. The molecule has 0 aliphatic carbocycles. The van der Waals surface area contributed by atoms with E-state index in [-0.39, 0.29) is 0 Å². The molecule has 2 heteroatoms. The van der Waals surface area contributed by atoms with E-state index >= 15 is 0 Å². The second-order valence-electron chi connectivity index (χ2n) is 5.15. The molecule has 18 heavy (non-hydrogen) atoms. The molecule has 0 aromatic heterocycles. The van der Waals surface area contributed by atoms with Gasteiger partial charge in [-0.1, -0.05) is 31.2 Å². The lowest BCUT2D eigenvalue weighted by Gasteiger charge is -2.19. The molecule has 100 valence electrons. The Morgan fingerprint density at radius 1 is 1.44 bits per heavy atom. The van der Waals surface area contributed by atoms with Crippen LogP contribution in [0.1, 0.15) is 49.8 Å². The van der Waals surface area contributed by atoms with Crippen molar-refractivity contribution in [3.05, 3.63) is 35.4 Å². The number of hydrogen-bond donors (Lipinski definition) is 1. The molecule has 2 unspecified atom stereocenters. The van der Waals surface area contributed by atoms with E-state index in [2.05, 4.69) is 43.6 Å². The summed E-state index contributed by atoms with van der Waals surface area (Å²) < 4.78 is 5.70. The molecule has 1 aliphatic rings. The lowest BCUT2D eigenvalue weighted by Crippen LogP contribution is -2.18. The van der Waals surface area contributed by atoms with Gasteiger partial charge in [0.25, 0.3) is 0 Å². The third-order valence-corrected chi connectivity index (χ3v) is 3.91. The highest BCUT2D eigenvalue weighted by atomic mass is 16.5. The molecule has 0 spiro atoms. The second-order valence-corrected chi connectivity index (χ2v) is 5.15. The Bertz CT molecular complexity index is 358. The van der Waals surface area contributed by atoms with Gasteiger partial charge in [0, 0.05) is 12.6 Å². The summed E-state index contributed by atoms with van der Waals surface area (Å²) in [5.41, 5.74) is 2.83. The second kappa shape index (κ2) is 6.91. The zero-order chi connectivity index (χ0) is 12.8. The van der Waals surface area contributed by atoms with Crippen molar-refractivity contribution in [3.8, 4) is 0 Å². The molecular weight excluding hydrogens is 222 g/mol. The van der Waals surface area contributed by atoms with Crippen LogP contribution in [0.25, 0.3) is 0 Å². The summed E-state index contributed by atoms with van der Waals surface area (Å²) in [4.78, 5) is 0. The summed E-state index contributed by atoms with van der Waals surface area (Å²) in [5.74, 6) is 0. The van der Waals surface area contributed by atoms with Crippen LogP contribution in [-0.4, -0.2) is 19.8 Å². The Hall–Kier alpha value is -0.860. The van der Waals surface area contributed by atoms with E-state index in [1.807, 2.05) is 0 Å². The Morgan fingerprint density at radius 2 is 2.33 bits per heavy atom. The minimum absolute atomic E-state index is 0.459. The van der Waals surface area contributed by atoms with Gasteiger partial charge < -0.3 is 10.1 Å². The first-order valence-corrected chi connectivity index (χ1v) is 7.21. The minimum Gasteiger partial charge on any atom is -0.378 e. The van der Waals surface area contributed by atoms with Crippen molar-refractivity contribution in [3.63, 3.8) is 0 Å². The van der Waals surface area contributed by atoms with Gasteiger partial charge >= 0.3 is 0 Å². The maximum absolute atomic E-state index is 5.70. The number of rotatable bonds is 6. The van der Waals surface area contributed by atoms with Crippen molar-refractivity contribution < 1.29 is 4.74 Å². The molecule has 2 rings (SSSR count).